The Morgan fingerprint density at radius 2 is 2.18 bits per heavy atom. The van der Waals surface area contributed by atoms with Gasteiger partial charge in [0.15, 0.2) is 0 Å². The number of hydrogen-bond donors (Lipinski definition) is 0. The van der Waals surface area contributed by atoms with Gasteiger partial charge in [-0.1, -0.05) is 0 Å². The zero-order valence-corrected chi connectivity index (χ0v) is 13.9. The molecule has 0 radical (unpaired) electrons. The topological polar surface area (TPSA) is 42.4 Å². The minimum atomic E-state index is 0.0459. The minimum Gasteiger partial charge on any atom is -0.375 e. The highest BCUT2D eigenvalue weighted by Crippen LogP contribution is 2.23. The van der Waals surface area contributed by atoms with Crippen molar-refractivity contribution < 1.29 is 9.53 Å². The van der Waals surface area contributed by atoms with Gasteiger partial charge in [-0.25, -0.2) is 0 Å². The fourth-order valence-corrected chi connectivity index (χ4v) is 3.35. The summed E-state index contributed by atoms with van der Waals surface area (Å²) in [5.74, 6) is 0.0459. The number of nitrogens with zero attached hydrogens (tertiary/aromatic N) is 2. The van der Waals surface area contributed by atoms with Crippen molar-refractivity contribution in [3.8, 4) is 11.3 Å². The SMILES string of the molecule is Cc1nc(-c2ccsc2)ccc1C(=O)N1C[C@H](C)OC[C@@H]1C. The summed E-state index contributed by atoms with van der Waals surface area (Å²) in [5.41, 5.74) is 3.47. The first-order valence-corrected chi connectivity index (χ1v) is 8.43. The van der Waals surface area contributed by atoms with Crippen LogP contribution in [0.25, 0.3) is 11.3 Å². The average Bonchev–Trinajstić information content (AvgIpc) is 3.03. The molecule has 1 amide bonds. The molecular formula is C17H20N2O2S. The largest absolute Gasteiger partial charge is 0.375 e. The molecule has 0 bridgehead atoms. The Balaban J connectivity index is 1.86. The molecule has 3 rings (SSSR count). The first-order chi connectivity index (χ1) is 10.6. The van der Waals surface area contributed by atoms with Crippen molar-refractivity contribution in [2.24, 2.45) is 0 Å². The van der Waals surface area contributed by atoms with E-state index in [0.717, 1.165) is 17.0 Å². The molecule has 1 fully saturated rings. The second-order valence-electron chi connectivity index (χ2n) is 5.79. The zero-order valence-electron chi connectivity index (χ0n) is 13.1. The van der Waals surface area contributed by atoms with E-state index in [1.807, 2.05) is 49.3 Å². The summed E-state index contributed by atoms with van der Waals surface area (Å²) in [6.07, 6.45) is 0.0819. The fraction of sp³-hybridized carbons (Fsp3) is 0.412. The van der Waals surface area contributed by atoms with Gasteiger partial charge in [-0.05, 0) is 44.4 Å². The summed E-state index contributed by atoms with van der Waals surface area (Å²) in [5, 5.41) is 4.09. The fourth-order valence-electron chi connectivity index (χ4n) is 2.70. The van der Waals surface area contributed by atoms with Crippen LogP contribution in [0.4, 0.5) is 0 Å². The Labute approximate surface area is 134 Å². The van der Waals surface area contributed by atoms with Crippen LogP contribution < -0.4 is 0 Å². The Hall–Kier alpha value is -1.72. The van der Waals surface area contributed by atoms with Crippen molar-refractivity contribution in [3.05, 3.63) is 40.2 Å². The molecule has 5 heteroatoms. The lowest BCUT2D eigenvalue weighted by Gasteiger charge is -2.37. The molecule has 116 valence electrons. The normalized spacial score (nSPS) is 21.9. The number of aromatic nitrogens is 1. The third kappa shape index (κ3) is 2.91. The number of aryl methyl sites for hydroxylation is 1. The molecule has 2 aromatic heterocycles. The quantitative estimate of drug-likeness (QED) is 0.853. The first-order valence-electron chi connectivity index (χ1n) is 7.49. The Kier molecular flexibility index (Phi) is 4.27. The molecule has 22 heavy (non-hydrogen) atoms. The molecule has 0 spiro atoms. The number of carbonyl (C=O) groups excluding carboxylic acids is 1. The van der Waals surface area contributed by atoms with Gasteiger partial charge in [-0.3, -0.25) is 9.78 Å². The summed E-state index contributed by atoms with van der Waals surface area (Å²) in [7, 11) is 0. The van der Waals surface area contributed by atoms with E-state index in [9.17, 15) is 4.79 Å². The van der Waals surface area contributed by atoms with Crippen LogP contribution in [0, 0.1) is 6.92 Å². The number of morpholine rings is 1. The highest BCUT2D eigenvalue weighted by Gasteiger charge is 2.29. The molecule has 0 saturated carbocycles. The van der Waals surface area contributed by atoms with Crippen molar-refractivity contribution >= 4 is 17.2 Å². The third-order valence-corrected chi connectivity index (χ3v) is 4.69. The van der Waals surface area contributed by atoms with Gasteiger partial charge >= 0.3 is 0 Å². The molecule has 0 aliphatic carbocycles. The molecule has 3 heterocycles. The number of ether oxygens (including phenoxy) is 1. The maximum Gasteiger partial charge on any atom is 0.256 e. The van der Waals surface area contributed by atoms with Crippen molar-refractivity contribution in [1.29, 1.82) is 0 Å². The van der Waals surface area contributed by atoms with Crippen molar-refractivity contribution in [1.82, 2.24) is 9.88 Å². The second kappa shape index (κ2) is 6.18. The van der Waals surface area contributed by atoms with Crippen molar-refractivity contribution in [2.45, 2.75) is 32.9 Å². The van der Waals surface area contributed by atoms with Gasteiger partial charge < -0.3 is 9.64 Å². The van der Waals surface area contributed by atoms with Crippen LogP contribution in [0.2, 0.25) is 0 Å². The summed E-state index contributed by atoms with van der Waals surface area (Å²) in [6.45, 7) is 7.14. The third-order valence-electron chi connectivity index (χ3n) is 4.00. The average molecular weight is 316 g/mol. The van der Waals surface area contributed by atoms with E-state index in [-0.39, 0.29) is 18.1 Å². The van der Waals surface area contributed by atoms with Gasteiger partial charge in [0.05, 0.1) is 35.7 Å². The summed E-state index contributed by atoms with van der Waals surface area (Å²) < 4.78 is 5.60. The van der Waals surface area contributed by atoms with Gasteiger partial charge in [0.1, 0.15) is 0 Å². The molecule has 4 nitrogen and oxygen atoms in total. The van der Waals surface area contributed by atoms with E-state index in [1.165, 1.54) is 0 Å². The molecular weight excluding hydrogens is 296 g/mol. The highest BCUT2D eigenvalue weighted by atomic mass is 32.1. The number of rotatable bonds is 2. The predicted molar refractivity (Wildman–Crippen MR) is 88.2 cm³/mol. The van der Waals surface area contributed by atoms with Gasteiger partial charge in [0.25, 0.3) is 5.91 Å². The molecule has 0 unspecified atom stereocenters. The number of carbonyl (C=O) groups is 1. The van der Waals surface area contributed by atoms with Crippen LogP contribution >= 0.6 is 11.3 Å². The van der Waals surface area contributed by atoms with Crippen LogP contribution in [-0.2, 0) is 4.74 Å². The Bertz CT molecular complexity index is 669. The molecule has 0 aromatic carbocycles. The standard InChI is InChI=1S/C17H20N2O2S/c1-11-9-21-12(2)8-19(11)17(20)15-4-5-16(18-13(15)3)14-6-7-22-10-14/h4-7,10-12H,8-9H2,1-3H3/t11-,12-/m0/s1. The van der Waals surface area contributed by atoms with Crippen molar-refractivity contribution in [2.75, 3.05) is 13.2 Å². The van der Waals surface area contributed by atoms with E-state index in [0.29, 0.717) is 18.7 Å². The van der Waals surface area contributed by atoms with Crippen LogP contribution in [0.3, 0.4) is 0 Å². The monoisotopic (exact) mass is 316 g/mol. The van der Waals surface area contributed by atoms with Crippen LogP contribution in [0.15, 0.2) is 29.0 Å². The smallest absolute Gasteiger partial charge is 0.256 e. The van der Waals surface area contributed by atoms with Crippen LogP contribution in [0.5, 0.6) is 0 Å². The Morgan fingerprint density at radius 1 is 1.36 bits per heavy atom. The molecule has 1 saturated heterocycles. The minimum absolute atomic E-state index is 0.0459. The molecule has 2 aromatic rings. The maximum absolute atomic E-state index is 12.8. The lowest BCUT2D eigenvalue weighted by atomic mass is 10.1. The van der Waals surface area contributed by atoms with E-state index in [1.54, 1.807) is 11.3 Å². The number of pyridine rings is 1. The zero-order chi connectivity index (χ0) is 15.7. The number of thiophene rings is 1. The van der Waals surface area contributed by atoms with Crippen LogP contribution in [-0.4, -0.2) is 41.1 Å². The summed E-state index contributed by atoms with van der Waals surface area (Å²) >= 11 is 1.64. The summed E-state index contributed by atoms with van der Waals surface area (Å²) in [4.78, 5) is 19.3. The van der Waals surface area contributed by atoms with Gasteiger partial charge in [0.2, 0.25) is 0 Å². The molecule has 1 aliphatic heterocycles. The van der Waals surface area contributed by atoms with Gasteiger partial charge in [-0.15, -0.1) is 0 Å². The molecule has 2 atom stereocenters. The number of amides is 1. The summed E-state index contributed by atoms with van der Waals surface area (Å²) in [6, 6.07) is 5.96. The van der Waals surface area contributed by atoms with Gasteiger partial charge in [-0.2, -0.15) is 11.3 Å². The van der Waals surface area contributed by atoms with E-state index in [2.05, 4.69) is 10.4 Å². The van der Waals surface area contributed by atoms with Gasteiger partial charge in [0, 0.05) is 17.5 Å². The Morgan fingerprint density at radius 3 is 2.86 bits per heavy atom. The molecule has 1 aliphatic rings. The van der Waals surface area contributed by atoms with E-state index >= 15 is 0 Å². The van der Waals surface area contributed by atoms with Crippen molar-refractivity contribution in [3.63, 3.8) is 0 Å². The lowest BCUT2D eigenvalue weighted by molar-refractivity contribution is -0.0387. The predicted octanol–water partition coefficient (Wildman–Crippen LogP) is 3.37. The van der Waals surface area contributed by atoms with E-state index in [4.69, 9.17) is 4.74 Å². The number of hydrogen-bond acceptors (Lipinski definition) is 4. The first kappa shape index (κ1) is 15.2. The lowest BCUT2D eigenvalue weighted by Crippen LogP contribution is -2.50. The molecule has 0 N–H and O–H groups in total. The van der Waals surface area contributed by atoms with Crippen LogP contribution in [0.1, 0.15) is 29.9 Å². The maximum atomic E-state index is 12.8. The second-order valence-corrected chi connectivity index (χ2v) is 6.57. The highest BCUT2D eigenvalue weighted by molar-refractivity contribution is 7.08. The van der Waals surface area contributed by atoms with E-state index < -0.39 is 0 Å².